The van der Waals surface area contributed by atoms with Gasteiger partial charge in [0.15, 0.2) is 0 Å². The molecule has 4 aromatic rings. The first kappa shape index (κ1) is 28.1. The van der Waals surface area contributed by atoms with Gasteiger partial charge in [-0.1, -0.05) is 37.3 Å². The lowest BCUT2D eigenvalue weighted by molar-refractivity contribution is -0.122. The lowest BCUT2D eigenvalue weighted by Gasteiger charge is -2.21. The molecule has 0 amide bonds. The summed E-state index contributed by atoms with van der Waals surface area (Å²) < 4.78 is 10.9. The Balaban J connectivity index is 0.000000295. The summed E-state index contributed by atoms with van der Waals surface area (Å²) in [4.78, 5) is 13.2. The van der Waals surface area contributed by atoms with Crippen LogP contribution in [0.15, 0.2) is 54.7 Å². The molecule has 0 fully saturated rings. The topological polar surface area (TPSA) is 88.9 Å². The van der Waals surface area contributed by atoms with Gasteiger partial charge in [-0.2, -0.15) is 0 Å². The van der Waals surface area contributed by atoms with Crippen molar-refractivity contribution in [1.82, 2.24) is 4.98 Å². The second kappa shape index (κ2) is 12.7. The number of aliphatic hydroxyl groups is 1. The number of fused-ring (bicyclic) bond motifs is 1. The third-order valence-electron chi connectivity index (χ3n) is 6.23. The van der Waals surface area contributed by atoms with E-state index in [2.05, 4.69) is 62.4 Å². The Morgan fingerprint density at radius 1 is 1.14 bits per heavy atom. The van der Waals surface area contributed by atoms with Gasteiger partial charge in [0.1, 0.15) is 5.75 Å². The van der Waals surface area contributed by atoms with Gasteiger partial charge in [-0.25, -0.2) is 0 Å². The van der Waals surface area contributed by atoms with Crippen LogP contribution in [0.5, 0.6) is 5.75 Å². The maximum atomic E-state index is 9.02. The van der Waals surface area contributed by atoms with Crippen LogP contribution >= 0.6 is 0 Å². The van der Waals surface area contributed by atoms with Crippen LogP contribution in [0.25, 0.3) is 32.8 Å². The predicted molar refractivity (Wildman–Crippen MR) is 149 cm³/mol. The summed E-state index contributed by atoms with van der Waals surface area (Å²) in [6, 6.07) is 17.4. The number of pyridine rings is 1. The molecule has 1 aliphatic rings. The summed E-state index contributed by atoms with van der Waals surface area (Å²) in [5, 5.41) is 19.7. The number of benzene rings is 3. The molecule has 6 nitrogen and oxygen atoms in total. The molecule has 0 bridgehead atoms. The molecule has 196 valence electrons. The summed E-state index contributed by atoms with van der Waals surface area (Å²) in [7, 11) is 0. The van der Waals surface area contributed by atoms with E-state index in [9.17, 15) is 0 Å². The maximum absolute atomic E-state index is 9.02. The van der Waals surface area contributed by atoms with Crippen molar-refractivity contribution in [3.8, 4) is 16.9 Å². The van der Waals surface area contributed by atoms with Crippen molar-refractivity contribution in [2.24, 2.45) is 0 Å². The van der Waals surface area contributed by atoms with E-state index in [0.29, 0.717) is 13.2 Å². The van der Waals surface area contributed by atoms with E-state index in [1.165, 1.54) is 44.0 Å². The number of hydrogen-bond acceptors (Lipinski definition) is 5. The van der Waals surface area contributed by atoms with Gasteiger partial charge in [-0.3, -0.25) is 9.78 Å². The summed E-state index contributed by atoms with van der Waals surface area (Å²) in [5.41, 5.74) is 7.02. The molecule has 1 aliphatic heterocycles. The van der Waals surface area contributed by atoms with E-state index in [1.807, 2.05) is 13.1 Å². The molecule has 37 heavy (non-hydrogen) atoms. The number of aromatic nitrogens is 1. The fourth-order valence-electron chi connectivity index (χ4n) is 4.75. The zero-order chi connectivity index (χ0) is 27.0. The van der Waals surface area contributed by atoms with Crippen LogP contribution in [-0.4, -0.2) is 47.1 Å². The molecule has 2 heterocycles. The summed E-state index contributed by atoms with van der Waals surface area (Å²) in [5.74, 6) is 0.966. The van der Waals surface area contributed by atoms with E-state index < -0.39 is 5.60 Å². The Labute approximate surface area is 218 Å². The molecular formula is C31H37NO5. The highest BCUT2D eigenvalue weighted by Gasteiger charge is 2.20. The van der Waals surface area contributed by atoms with Crippen molar-refractivity contribution >= 4 is 28.1 Å². The number of carboxylic acid groups (broad SMARTS) is 1. The van der Waals surface area contributed by atoms with Crippen LogP contribution in [0.4, 0.5) is 0 Å². The second-order valence-electron chi connectivity index (χ2n) is 9.58. The minimum absolute atomic E-state index is 0.250. The van der Waals surface area contributed by atoms with Gasteiger partial charge in [0, 0.05) is 30.2 Å². The van der Waals surface area contributed by atoms with Crippen molar-refractivity contribution in [3.63, 3.8) is 0 Å². The predicted octanol–water partition coefficient (Wildman–Crippen LogP) is 6.36. The van der Waals surface area contributed by atoms with Crippen LogP contribution in [0, 0.1) is 6.92 Å². The Kier molecular flexibility index (Phi) is 9.61. The van der Waals surface area contributed by atoms with Crippen LogP contribution in [0.2, 0.25) is 0 Å². The van der Waals surface area contributed by atoms with E-state index >= 15 is 0 Å². The SMILES string of the molecule is CCOCC(C)(C)O.CCc1c(C)cc2ccccc2c1-c1ccc2c3c(ccnc13)CCO2.O=CO. The third-order valence-corrected chi connectivity index (χ3v) is 6.23. The quantitative estimate of drug-likeness (QED) is 0.308. The molecule has 0 atom stereocenters. The highest BCUT2D eigenvalue weighted by molar-refractivity contribution is 6.07. The number of nitrogens with zero attached hydrogens (tertiary/aromatic N) is 1. The molecule has 0 spiro atoms. The van der Waals surface area contributed by atoms with Gasteiger partial charge < -0.3 is 19.7 Å². The van der Waals surface area contributed by atoms with Crippen molar-refractivity contribution < 1.29 is 24.5 Å². The molecule has 0 radical (unpaired) electrons. The highest BCUT2D eigenvalue weighted by Crippen LogP contribution is 2.42. The molecule has 0 saturated heterocycles. The smallest absolute Gasteiger partial charge is 0.290 e. The third kappa shape index (κ3) is 6.64. The molecule has 6 heteroatoms. The van der Waals surface area contributed by atoms with Gasteiger partial charge in [0.05, 0.1) is 24.3 Å². The Morgan fingerprint density at radius 3 is 2.51 bits per heavy atom. The van der Waals surface area contributed by atoms with E-state index in [4.69, 9.17) is 29.5 Å². The fourth-order valence-corrected chi connectivity index (χ4v) is 4.75. The zero-order valence-corrected chi connectivity index (χ0v) is 22.4. The number of aryl methyl sites for hydroxylation is 1. The summed E-state index contributed by atoms with van der Waals surface area (Å²) in [6.45, 7) is 11.4. The number of carbonyl (C=O) groups is 1. The standard InChI is InChI=1S/C24H21NO.C6H14O2.CH2O2/c1-3-18-15(2)14-17-6-4-5-7-19(17)23(18)20-8-9-21-22-16(11-13-26-21)10-12-25-24(20)22;1-4-8-5-6(2,3)7;2-1-3/h4-10,12,14H,3,11,13H2,1-2H3;7H,4-5H2,1-3H3;1H,(H,2,3). The number of rotatable bonds is 5. The highest BCUT2D eigenvalue weighted by atomic mass is 16.5. The first-order valence-electron chi connectivity index (χ1n) is 12.7. The van der Waals surface area contributed by atoms with Gasteiger partial charge >= 0.3 is 0 Å². The molecule has 5 rings (SSSR count). The Hall–Kier alpha value is -3.48. The molecule has 3 aromatic carbocycles. The first-order chi connectivity index (χ1) is 17.8. The van der Waals surface area contributed by atoms with Crippen LogP contribution < -0.4 is 4.74 Å². The van der Waals surface area contributed by atoms with Crippen molar-refractivity contribution in [1.29, 1.82) is 0 Å². The van der Waals surface area contributed by atoms with Gasteiger partial charge in [0.2, 0.25) is 0 Å². The number of ether oxygens (including phenoxy) is 2. The minimum atomic E-state index is -0.671. The normalized spacial score (nSPS) is 12.2. The molecule has 0 unspecified atom stereocenters. The Morgan fingerprint density at radius 2 is 1.86 bits per heavy atom. The average molecular weight is 504 g/mol. The minimum Gasteiger partial charge on any atom is -0.493 e. The maximum Gasteiger partial charge on any atom is 0.290 e. The zero-order valence-electron chi connectivity index (χ0n) is 22.4. The van der Waals surface area contributed by atoms with Crippen LogP contribution in [0.3, 0.4) is 0 Å². The molecule has 1 aromatic heterocycles. The van der Waals surface area contributed by atoms with Crippen LogP contribution in [-0.2, 0) is 22.4 Å². The molecule has 0 saturated carbocycles. The number of hydrogen-bond donors (Lipinski definition) is 2. The molecule has 0 aliphatic carbocycles. The van der Waals surface area contributed by atoms with Crippen molar-refractivity contribution in [3.05, 3.63) is 71.4 Å². The molecular weight excluding hydrogens is 466 g/mol. The largest absolute Gasteiger partial charge is 0.493 e. The van der Waals surface area contributed by atoms with E-state index in [-0.39, 0.29) is 6.47 Å². The van der Waals surface area contributed by atoms with Gasteiger partial charge in [-0.05, 0) is 85.3 Å². The average Bonchev–Trinajstić information content (AvgIpc) is 2.88. The van der Waals surface area contributed by atoms with Crippen LogP contribution in [0.1, 0.15) is 44.4 Å². The van der Waals surface area contributed by atoms with Gasteiger partial charge in [0.25, 0.3) is 6.47 Å². The van der Waals surface area contributed by atoms with E-state index in [1.54, 1.807) is 13.8 Å². The monoisotopic (exact) mass is 503 g/mol. The lowest BCUT2D eigenvalue weighted by atomic mass is 9.87. The summed E-state index contributed by atoms with van der Waals surface area (Å²) >= 11 is 0. The van der Waals surface area contributed by atoms with Gasteiger partial charge in [-0.15, -0.1) is 0 Å². The molecule has 2 N–H and O–H groups in total. The second-order valence-corrected chi connectivity index (χ2v) is 9.58. The summed E-state index contributed by atoms with van der Waals surface area (Å²) in [6.07, 6.45) is 3.90. The Bertz CT molecular complexity index is 1350. The van der Waals surface area contributed by atoms with E-state index in [0.717, 1.165) is 30.7 Å². The fraction of sp³-hybridized carbons (Fsp3) is 0.355. The first-order valence-corrected chi connectivity index (χ1v) is 12.7. The van der Waals surface area contributed by atoms with Crippen molar-refractivity contribution in [2.75, 3.05) is 19.8 Å². The lowest BCUT2D eigenvalue weighted by Crippen LogP contribution is -2.25. The van der Waals surface area contributed by atoms with Crippen molar-refractivity contribution in [2.45, 2.75) is 53.1 Å².